The largest absolute Gasteiger partial charge is 0.399 e. The van der Waals surface area contributed by atoms with Crippen molar-refractivity contribution in [2.75, 3.05) is 37.7 Å². The van der Waals surface area contributed by atoms with Gasteiger partial charge in [0.15, 0.2) is 0 Å². The van der Waals surface area contributed by atoms with Gasteiger partial charge in [0.1, 0.15) is 36.3 Å². The molecule has 3 aliphatic rings. The Morgan fingerprint density at radius 1 is 0.873 bits per heavy atom. The fourth-order valence-electron chi connectivity index (χ4n) is 7.59. The minimum absolute atomic E-state index is 0.279. The second-order valence-electron chi connectivity index (χ2n) is 16.0. The summed E-state index contributed by atoms with van der Waals surface area (Å²) in [5.74, 6) is -10.3. The Hall–Kier alpha value is -5.98. The van der Waals surface area contributed by atoms with E-state index in [1.807, 2.05) is 0 Å². The molecule has 15 N–H and O–H groups in total. The van der Waals surface area contributed by atoms with Crippen LogP contribution in [0.3, 0.4) is 0 Å². The molecule has 9 amide bonds. The highest BCUT2D eigenvalue weighted by Gasteiger charge is 2.45. The standard InChI is InChI=1S/C39H55N11O12S/c1-4-16(2)31-36(60)43-11-29(55)44-25-15-63-38-21(20-6-5-18(40)7-22(20)47-38)9-23(33(57)42-12-30(56)48-31)45-37(61)32(17(3)27(53)14-51)49-35(59)26-8-19(52)13-50(26)39(62)24(10-28(41)54)46-34(25)58/h5-7,16-17,19,23-27,31-32,47,51-53H,4,8-15,40H2,1-3H3,(H2,41,54)(H,42,57)(H,43,60)(H,44,55)(H,45,61)(H,46,58)(H,48,56)(H,49,59)/t16-,17-,19+,23?,24?,25?,26-,27-,31-,32-/m0/s1. The molecule has 1 fully saturated rings. The molecule has 1 saturated heterocycles. The number of nitrogens with two attached hydrogens (primary N) is 2. The number of aliphatic hydroxyl groups is 3. The highest BCUT2D eigenvalue weighted by atomic mass is 32.2. The molecule has 0 radical (unpaired) electrons. The Kier molecular flexibility index (Phi) is 16.0. The Labute approximate surface area is 365 Å². The van der Waals surface area contributed by atoms with Crippen molar-refractivity contribution in [3.8, 4) is 0 Å². The minimum Gasteiger partial charge on any atom is -0.399 e. The van der Waals surface area contributed by atoms with E-state index in [-0.39, 0.29) is 18.6 Å². The number of H-pyrrole nitrogens is 1. The fourth-order valence-corrected chi connectivity index (χ4v) is 8.71. The molecule has 10 atom stereocenters. The molecule has 1 aromatic heterocycles. The molecule has 24 heteroatoms. The quantitative estimate of drug-likeness (QED) is 0.116. The number of nitrogen functional groups attached to an aromatic ring is 1. The number of aromatic nitrogens is 1. The van der Waals surface area contributed by atoms with Gasteiger partial charge in [-0.25, -0.2) is 0 Å². The summed E-state index contributed by atoms with van der Waals surface area (Å²) in [7, 11) is 0. The third-order valence-electron chi connectivity index (χ3n) is 11.4. The van der Waals surface area contributed by atoms with Crippen molar-refractivity contribution in [1.29, 1.82) is 0 Å². The molecule has 2 bridgehead atoms. The molecular formula is C39H55N11O12S. The van der Waals surface area contributed by atoms with Crippen LogP contribution in [-0.2, 0) is 49.6 Å². The lowest BCUT2D eigenvalue weighted by atomic mass is 9.93. The van der Waals surface area contributed by atoms with E-state index >= 15 is 0 Å². The molecule has 63 heavy (non-hydrogen) atoms. The first-order chi connectivity index (χ1) is 29.8. The van der Waals surface area contributed by atoms with E-state index in [9.17, 15) is 58.5 Å². The van der Waals surface area contributed by atoms with Crippen LogP contribution in [0.4, 0.5) is 5.69 Å². The van der Waals surface area contributed by atoms with Crippen LogP contribution in [-0.4, -0.2) is 159 Å². The van der Waals surface area contributed by atoms with E-state index in [0.717, 1.165) is 16.7 Å². The van der Waals surface area contributed by atoms with Crippen molar-refractivity contribution in [2.24, 2.45) is 17.6 Å². The summed E-state index contributed by atoms with van der Waals surface area (Å²) in [5, 5.41) is 49.8. The number of anilines is 1. The SMILES string of the molecule is CC[C@H](C)[C@@H]1NC(=O)CNC(=O)C2Cc3c([nH]c4cc(N)ccc34)SCC(NC(=O)CNC1=O)C(=O)NC(CC(N)=O)C(=O)N1C[C@H](O)C[C@H]1C(=O)N[C@@H]([C@@H](C)[C@@H](O)CO)C(=O)N2. The average molecular weight is 902 g/mol. The number of aromatic amines is 1. The van der Waals surface area contributed by atoms with Crippen LogP contribution < -0.4 is 48.7 Å². The Morgan fingerprint density at radius 2 is 1.56 bits per heavy atom. The zero-order valence-electron chi connectivity index (χ0n) is 34.9. The number of nitrogens with zero attached hydrogens (tertiary/aromatic N) is 1. The summed E-state index contributed by atoms with van der Waals surface area (Å²) >= 11 is 0.990. The van der Waals surface area contributed by atoms with Gasteiger partial charge in [0.25, 0.3) is 0 Å². The molecular weight excluding hydrogens is 847 g/mol. The van der Waals surface area contributed by atoms with E-state index in [1.54, 1.807) is 32.0 Å². The van der Waals surface area contributed by atoms with Crippen LogP contribution in [0.5, 0.6) is 0 Å². The van der Waals surface area contributed by atoms with Crippen molar-refractivity contribution in [3.05, 3.63) is 23.8 Å². The Bertz CT molecular complexity index is 2120. The average Bonchev–Trinajstić information content (AvgIpc) is 3.80. The maximum atomic E-state index is 14.4. The van der Waals surface area contributed by atoms with E-state index in [0.29, 0.717) is 33.6 Å². The highest BCUT2D eigenvalue weighted by molar-refractivity contribution is 7.99. The zero-order chi connectivity index (χ0) is 46.3. The lowest BCUT2D eigenvalue weighted by molar-refractivity contribution is -0.144. The lowest BCUT2D eigenvalue weighted by Crippen LogP contribution is -2.62. The van der Waals surface area contributed by atoms with Crippen molar-refractivity contribution < 1.29 is 58.5 Å². The number of amides is 9. The van der Waals surface area contributed by atoms with Crippen LogP contribution >= 0.6 is 11.8 Å². The summed E-state index contributed by atoms with van der Waals surface area (Å²) in [6.45, 7) is 2.16. The minimum atomic E-state index is -1.73. The van der Waals surface area contributed by atoms with Crippen LogP contribution in [0.25, 0.3) is 10.9 Å². The van der Waals surface area contributed by atoms with Crippen LogP contribution in [0.15, 0.2) is 23.2 Å². The molecule has 0 saturated carbocycles. The predicted molar refractivity (Wildman–Crippen MR) is 224 cm³/mol. The molecule has 0 aliphatic carbocycles. The number of primary amides is 1. The van der Waals surface area contributed by atoms with Crippen molar-refractivity contribution in [3.63, 3.8) is 0 Å². The smallest absolute Gasteiger partial charge is 0.246 e. The highest BCUT2D eigenvalue weighted by Crippen LogP contribution is 2.33. The second kappa shape index (κ2) is 20.9. The van der Waals surface area contributed by atoms with Gasteiger partial charge in [-0.15, -0.1) is 11.8 Å². The van der Waals surface area contributed by atoms with Gasteiger partial charge in [-0.1, -0.05) is 33.3 Å². The van der Waals surface area contributed by atoms with E-state index < -0.39 is 146 Å². The first-order valence-electron chi connectivity index (χ1n) is 20.5. The number of fused-ring (bicyclic) bond motifs is 5. The van der Waals surface area contributed by atoms with Crippen LogP contribution in [0.1, 0.15) is 45.6 Å². The number of carbonyl (C=O) groups is 9. The van der Waals surface area contributed by atoms with Crippen LogP contribution in [0, 0.1) is 11.8 Å². The topological polar surface area (TPSA) is 370 Å². The zero-order valence-corrected chi connectivity index (χ0v) is 35.7. The number of thioether (sulfide) groups is 1. The van der Waals surface area contributed by atoms with Gasteiger partial charge in [0, 0.05) is 47.6 Å². The van der Waals surface area contributed by atoms with Crippen molar-refractivity contribution >= 4 is 81.5 Å². The second-order valence-corrected chi connectivity index (χ2v) is 17.1. The number of benzene rings is 1. The summed E-state index contributed by atoms with van der Waals surface area (Å²) in [5.41, 5.74) is 12.8. The van der Waals surface area contributed by atoms with Gasteiger partial charge in [-0.2, -0.15) is 0 Å². The maximum absolute atomic E-state index is 14.4. The summed E-state index contributed by atoms with van der Waals surface area (Å²) < 4.78 is 0. The predicted octanol–water partition coefficient (Wildman–Crippen LogP) is -5.06. The summed E-state index contributed by atoms with van der Waals surface area (Å²) in [4.78, 5) is 128. The van der Waals surface area contributed by atoms with Gasteiger partial charge in [0.05, 0.1) is 43.4 Å². The van der Waals surface area contributed by atoms with Gasteiger partial charge < -0.3 is 73.9 Å². The first-order valence-corrected chi connectivity index (χ1v) is 21.4. The number of aliphatic hydroxyl groups excluding tert-OH is 3. The molecule has 344 valence electrons. The monoisotopic (exact) mass is 901 g/mol. The van der Waals surface area contributed by atoms with Gasteiger partial charge in [-0.3, -0.25) is 43.2 Å². The maximum Gasteiger partial charge on any atom is 0.246 e. The normalized spacial score (nSPS) is 27.6. The third-order valence-corrected chi connectivity index (χ3v) is 12.6. The number of hydrogen-bond donors (Lipinski definition) is 13. The lowest BCUT2D eigenvalue weighted by Gasteiger charge is -2.32. The molecule has 5 rings (SSSR count). The van der Waals surface area contributed by atoms with Gasteiger partial charge >= 0.3 is 0 Å². The number of nitrogens with one attached hydrogen (secondary N) is 8. The molecule has 0 spiro atoms. The van der Waals surface area contributed by atoms with E-state index in [1.165, 1.54) is 6.92 Å². The molecule has 4 heterocycles. The number of hydrogen-bond acceptors (Lipinski definition) is 14. The molecule has 1 aromatic carbocycles. The molecule has 3 aliphatic heterocycles. The van der Waals surface area contributed by atoms with E-state index in [4.69, 9.17) is 11.5 Å². The molecule has 23 nitrogen and oxygen atoms in total. The number of rotatable bonds is 7. The first kappa shape index (κ1) is 48.1. The van der Waals surface area contributed by atoms with Gasteiger partial charge in [0.2, 0.25) is 53.2 Å². The third kappa shape index (κ3) is 11.7. The van der Waals surface area contributed by atoms with Crippen molar-refractivity contribution in [2.45, 2.75) is 99.9 Å². The molecule has 2 aromatic rings. The molecule has 3 unspecified atom stereocenters. The van der Waals surface area contributed by atoms with Crippen molar-refractivity contribution in [1.82, 2.24) is 47.1 Å². The Balaban J connectivity index is 1.70. The fraction of sp³-hybridized carbons (Fsp3) is 0.564. The summed E-state index contributed by atoms with van der Waals surface area (Å²) in [6, 6.07) is -4.33. The van der Waals surface area contributed by atoms with E-state index in [2.05, 4.69) is 42.2 Å². The summed E-state index contributed by atoms with van der Waals surface area (Å²) in [6.07, 6.45) is -3.92. The van der Waals surface area contributed by atoms with Gasteiger partial charge in [-0.05, 0) is 23.6 Å². The van der Waals surface area contributed by atoms with Crippen LogP contribution in [0.2, 0.25) is 0 Å². The number of carbonyl (C=O) groups excluding carboxylic acids is 9. The Morgan fingerprint density at radius 3 is 2.22 bits per heavy atom.